The van der Waals surface area contributed by atoms with Gasteiger partial charge in [-0.2, -0.15) is 0 Å². The highest BCUT2D eigenvalue weighted by Crippen LogP contribution is 2.00. The van der Waals surface area contributed by atoms with Crippen molar-refractivity contribution in [3.63, 3.8) is 0 Å². The van der Waals surface area contributed by atoms with Crippen LogP contribution in [0.2, 0.25) is 0 Å². The minimum absolute atomic E-state index is 0.180. The molecule has 1 heterocycles. The summed E-state index contributed by atoms with van der Waals surface area (Å²) >= 11 is 0. The highest BCUT2D eigenvalue weighted by Gasteiger charge is 2.17. The van der Waals surface area contributed by atoms with Crippen LogP contribution >= 0.6 is 0 Å². The quantitative estimate of drug-likeness (QED) is 0.592. The minimum atomic E-state index is -0.728. The van der Waals surface area contributed by atoms with E-state index in [0.29, 0.717) is 0 Å². The molecule has 0 aliphatic carbocycles. The van der Waals surface area contributed by atoms with E-state index in [1.807, 2.05) is 11.9 Å². The molecule has 14 heavy (non-hydrogen) atoms. The number of carbonyl (C=O) groups is 1. The third kappa shape index (κ3) is 4.04. The van der Waals surface area contributed by atoms with Gasteiger partial charge >= 0.3 is 5.97 Å². The van der Waals surface area contributed by atoms with E-state index in [4.69, 9.17) is 5.11 Å². The molecule has 1 aliphatic heterocycles. The summed E-state index contributed by atoms with van der Waals surface area (Å²) in [5.41, 5.74) is 0. The summed E-state index contributed by atoms with van der Waals surface area (Å²) in [6.45, 7) is 5.94. The number of aliphatic carboxylic acids is 1. The second-order valence-electron chi connectivity index (χ2n) is 3.62. The molecule has 0 amide bonds. The van der Waals surface area contributed by atoms with Crippen molar-refractivity contribution in [2.24, 2.45) is 0 Å². The smallest absolute Gasteiger partial charge is 0.317 e. The van der Waals surface area contributed by atoms with Gasteiger partial charge in [-0.05, 0) is 7.05 Å². The largest absolute Gasteiger partial charge is 0.480 e. The van der Waals surface area contributed by atoms with E-state index in [1.165, 1.54) is 0 Å². The van der Waals surface area contributed by atoms with Crippen LogP contribution in [0.4, 0.5) is 0 Å². The van der Waals surface area contributed by atoms with Gasteiger partial charge in [0.25, 0.3) is 0 Å². The van der Waals surface area contributed by atoms with Crippen molar-refractivity contribution >= 4 is 5.97 Å². The lowest BCUT2D eigenvalue weighted by atomic mass is 10.3. The number of hydrogen-bond acceptors (Lipinski definition) is 4. The van der Waals surface area contributed by atoms with Crippen molar-refractivity contribution in [2.45, 2.75) is 0 Å². The second-order valence-corrected chi connectivity index (χ2v) is 3.62. The van der Waals surface area contributed by atoms with E-state index in [2.05, 4.69) is 10.2 Å². The standard InChI is InChI=1S/C9H19N3O2/c1-10-2-3-11-4-6-12(7-5-11)8-9(13)14/h10H,2-8H2,1H3,(H,13,14). The molecule has 0 aromatic carbocycles. The predicted molar refractivity (Wildman–Crippen MR) is 54.4 cm³/mol. The van der Waals surface area contributed by atoms with Gasteiger partial charge in [0.15, 0.2) is 0 Å². The summed E-state index contributed by atoms with van der Waals surface area (Å²) in [6, 6.07) is 0. The number of carboxylic acids is 1. The lowest BCUT2D eigenvalue weighted by Gasteiger charge is -2.33. The van der Waals surface area contributed by atoms with Crippen LogP contribution < -0.4 is 5.32 Å². The number of likely N-dealkylation sites (N-methyl/N-ethyl adjacent to an activating group) is 1. The van der Waals surface area contributed by atoms with Crippen LogP contribution in [0.5, 0.6) is 0 Å². The maximum absolute atomic E-state index is 10.5. The van der Waals surface area contributed by atoms with E-state index in [0.717, 1.165) is 39.3 Å². The molecule has 0 atom stereocenters. The average Bonchev–Trinajstić information content (AvgIpc) is 2.16. The third-order valence-electron chi connectivity index (χ3n) is 2.50. The summed E-state index contributed by atoms with van der Waals surface area (Å²) in [6.07, 6.45) is 0. The molecule has 1 fully saturated rings. The zero-order valence-electron chi connectivity index (χ0n) is 8.70. The fourth-order valence-electron chi connectivity index (χ4n) is 1.63. The van der Waals surface area contributed by atoms with Crippen molar-refractivity contribution in [3.8, 4) is 0 Å². The van der Waals surface area contributed by atoms with Gasteiger partial charge in [-0.3, -0.25) is 14.6 Å². The van der Waals surface area contributed by atoms with Gasteiger partial charge < -0.3 is 10.4 Å². The predicted octanol–water partition coefficient (Wildman–Crippen LogP) is -1.09. The summed E-state index contributed by atoms with van der Waals surface area (Å²) < 4.78 is 0. The number of rotatable bonds is 5. The number of piperazine rings is 1. The molecule has 1 aliphatic rings. The maximum Gasteiger partial charge on any atom is 0.317 e. The van der Waals surface area contributed by atoms with Crippen LogP contribution in [0, 0.1) is 0 Å². The van der Waals surface area contributed by atoms with Crippen LogP contribution in [0.25, 0.3) is 0 Å². The maximum atomic E-state index is 10.5. The topological polar surface area (TPSA) is 55.8 Å². The Labute approximate surface area is 84.7 Å². The number of nitrogens with zero attached hydrogens (tertiary/aromatic N) is 2. The van der Waals surface area contributed by atoms with Crippen molar-refractivity contribution < 1.29 is 9.90 Å². The fraction of sp³-hybridized carbons (Fsp3) is 0.889. The zero-order valence-corrected chi connectivity index (χ0v) is 8.70. The van der Waals surface area contributed by atoms with Crippen molar-refractivity contribution in [1.29, 1.82) is 0 Å². The number of nitrogens with one attached hydrogen (secondary N) is 1. The first-order valence-electron chi connectivity index (χ1n) is 5.03. The van der Waals surface area contributed by atoms with Crippen LogP contribution in [0.3, 0.4) is 0 Å². The molecular weight excluding hydrogens is 182 g/mol. The molecule has 5 nitrogen and oxygen atoms in total. The van der Waals surface area contributed by atoms with Crippen LogP contribution in [-0.2, 0) is 4.79 Å². The number of hydrogen-bond donors (Lipinski definition) is 2. The normalized spacial score (nSPS) is 19.8. The van der Waals surface area contributed by atoms with E-state index < -0.39 is 5.97 Å². The van der Waals surface area contributed by atoms with E-state index >= 15 is 0 Å². The van der Waals surface area contributed by atoms with Gasteiger partial charge in [0.2, 0.25) is 0 Å². The highest BCUT2D eigenvalue weighted by molar-refractivity contribution is 5.69. The summed E-state index contributed by atoms with van der Waals surface area (Å²) in [4.78, 5) is 14.8. The summed E-state index contributed by atoms with van der Waals surface area (Å²) in [5.74, 6) is -0.728. The molecular formula is C9H19N3O2. The Hall–Kier alpha value is -0.650. The van der Waals surface area contributed by atoms with Crippen molar-refractivity contribution in [1.82, 2.24) is 15.1 Å². The molecule has 1 saturated heterocycles. The minimum Gasteiger partial charge on any atom is -0.480 e. The molecule has 2 N–H and O–H groups in total. The summed E-state index contributed by atoms with van der Waals surface area (Å²) in [5, 5.41) is 11.7. The Kier molecular flexibility index (Phi) is 4.86. The molecule has 82 valence electrons. The van der Waals surface area contributed by atoms with Crippen LogP contribution in [-0.4, -0.2) is 73.7 Å². The first-order valence-corrected chi connectivity index (χ1v) is 5.03. The lowest BCUT2D eigenvalue weighted by Crippen LogP contribution is -2.49. The second kappa shape index (κ2) is 5.95. The Morgan fingerprint density at radius 1 is 1.29 bits per heavy atom. The molecule has 0 radical (unpaired) electrons. The SMILES string of the molecule is CNCCN1CCN(CC(=O)O)CC1. The molecule has 0 unspecified atom stereocenters. The highest BCUT2D eigenvalue weighted by atomic mass is 16.4. The molecule has 1 rings (SSSR count). The molecule has 0 aromatic heterocycles. The fourth-order valence-corrected chi connectivity index (χ4v) is 1.63. The van der Waals surface area contributed by atoms with Gasteiger partial charge in [-0.25, -0.2) is 0 Å². The van der Waals surface area contributed by atoms with Gasteiger partial charge in [-0.1, -0.05) is 0 Å². The zero-order chi connectivity index (χ0) is 10.4. The Bertz CT molecular complexity index is 179. The summed E-state index contributed by atoms with van der Waals surface area (Å²) in [7, 11) is 1.95. The third-order valence-corrected chi connectivity index (χ3v) is 2.50. The van der Waals surface area contributed by atoms with Crippen LogP contribution in [0.15, 0.2) is 0 Å². The monoisotopic (exact) mass is 201 g/mol. The first-order chi connectivity index (χ1) is 6.72. The molecule has 0 bridgehead atoms. The van der Waals surface area contributed by atoms with Crippen LogP contribution in [0.1, 0.15) is 0 Å². The van der Waals surface area contributed by atoms with E-state index in [1.54, 1.807) is 0 Å². The molecule has 0 saturated carbocycles. The average molecular weight is 201 g/mol. The van der Waals surface area contributed by atoms with E-state index in [-0.39, 0.29) is 6.54 Å². The van der Waals surface area contributed by atoms with Gasteiger partial charge in [-0.15, -0.1) is 0 Å². The Morgan fingerprint density at radius 3 is 2.36 bits per heavy atom. The first kappa shape index (κ1) is 11.4. The lowest BCUT2D eigenvalue weighted by molar-refractivity contribution is -0.138. The number of carboxylic acid groups (broad SMARTS) is 1. The van der Waals surface area contributed by atoms with Gasteiger partial charge in [0.05, 0.1) is 6.54 Å². The van der Waals surface area contributed by atoms with Crippen molar-refractivity contribution in [3.05, 3.63) is 0 Å². The van der Waals surface area contributed by atoms with E-state index in [9.17, 15) is 4.79 Å². The molecule has 0 spiro atoms. The Balaban J connectivity index is 2.14. The Morgan fingerprint density at radius 2 is 1.86 bits per heavy atom. The molecule has 0 aromatic rings. The van der Waals surface area contributed by atoms with Gasteiger partial charge in [0.1, 0.15) is 0 Å². The van der Waals surface area contributed by atoms with Crippen molar-refractivity contribution in [2.75, 3.05) is 52.9 Å². The molecule has 5 heteroatoms. The van der Waals surface area contributed by atoms with Gasteiger partial charge in [0, 0.05) is 39.3 Å².